The molecule has 1 amide bonds. The van der Waals surface area contributed by atoms with Gasteiger partial charge in [0.2, 0.25) is 0 Å². The SMILES string of the molecule is CC(C)(C)OC(=O)N[C@@H](Cc1cn(C(=O)OC(C)(C)C)cn1)C(=[18O])[18OH]. The van der Waals surface area contributed by atoms with Gasteiger partial charge in [0, 0.05) is 12.6 Å². The standard InChI is InChI=1S/C16H25N3O6/c1-15(2,3)24-13(22)18-11(12(20)21)7-10-8-19(9-17-10)14(23)25-16(4,5)6/h8-9,11H,7H2,1-6H3,(H,18,22)(H,20,21)/t11-/m0/s1/i20+2,21+2. The fraction of sp³-hybridized carbons (Fsp3) is 0.625. The average Bonchev–Trinajstić information content (AvgIpc) is 2.82. The van der Waals surface area contributed by atoms with E-state index in [1.165, 1.54) is 12.5 Å². The molecule has 2 N–H and O–H groups in total. The topological polar surface area (TPSA) is 120 Å². The van der Waals surface area contributed by atoms with Crippen LogP contribution < -0.4 is 5.32 Å². The zero-order chi connectivity index (χ0) is 19.4. The number of hydrogen-bond acceptors (Lipinski definition) is 6. The molecule has 140 valence electrons. The second-order valence-electron chi connectivity index (χ2n) is 7.49. The molecule has 0 fully saturated rings. The third-order valence-corrected chi connectivity index (χ3v) is 2.64. The van der Waals surface area contributed by atoms with Gasteiger partial charge in [-0.15, -0.1) is 0 Å². The highest BCUT2D eigenvalue weighted by Crippen LogP contribution is 2.11. The first-order valence-corrected chi connectivity index (χ1v) is 7.75. The Balaban J connectivity index is 2.76. The summed E-state index contributed by atoms with van der Waals surface area (Å²) in [5.74, 6) is -1.24. The zero-order valence-electron chi connectivity index (χ0n) is 15.3. The third kappa shape index (κ3) is 7.69. The molecule has 0 unspecified atom stereocenters. The lowest BCUT2D eigenvalue weighted by Gasteiger charge is -2.21. The smallest absolute Gasteiger partial charge is 0.419 e. The van der Waals surface area contributed by atoms with Gasteiger partial charge in [-0.3, -0.25) is 0 Å². The molecule has 9 heteroatoms. The number of nitrogens with one attached hydrogen (secondary N) is 1. The highest BCUT2D eigenvalue weighted by molar-refractivity contribution is 5.80. The predicted molar refractivity (Wildman–Crippen MR) is 88.4 cm³/mol. The van der Waals surface area contributed by atoms with E-state index in [2.05, 4.69) is 10.3 Å². The van der Waals surface area contributed by atoms with Crippen LogP contribution >= 0.6 is 0 Å². The Bertz CT molecular complexity index is 639. The number of imidazole rings is 1. The Labute approximate surface area is 146 Å². The van der Waals surface area contributed by atoms with Crippen molar-refractivity contribution < 1.29 is 29.0 Å². The first-order valence-electron chi connectivity index (χ1n) is 7.75. The Morgan fingerprint density at radius 3 is 2.28 bits per heavy atom. The number of hydrogen-bond donors (Lipinski definition) is 2. The molecule has 1 atom stereocenters. The Morgan fingerprint density at radius 2 is 1.80 bits per heavy atom. The first kappa shape index (κ1) is 20.5. The van der Waals surface area contributed by atoms with Gasteiger partial charge in [0.15, 0.2) is 0 Å². The van der Waals surface area contributed by atoms with Gasteiger partial charge in [-0.05, 0) is 41.5 Å². The molecule has 0 saturated carbocycles. The quantitative estimate of drug-likeness (QED) is 0.791. The maximum absolute atomic E-state index is 11.9. The molecule has 0 aliphatic rings. The number of carboxylic acids is 1. The molecule has 1 aromatic rings. The van der Waals surface area contributed by atoms with Gasteiger partial charge in [-0.2, -0.15) is 0 Å². The molecule has 1 rings (SSSR count). The molecule has 0 aliphatic heterocycles. The molecule has 1 aromatic heterocycles. The summed E-state index contributed by atoms with van der Waals surface area (Å²) in [6.45, 7) is 10.2. The number of aromatic nitrogens is 2. The first-order chi connectivity index (χ1) is 11.3. The summed E-state index contributed by atoms with van der Waals surface area (Å²) < 4.78 is 11.3. The van der Waals surface area contributed by atoms with Crippen LogP contribution in [0.4, 0.5) is 9.59 Å². The molecule has 0 saturated heterocycles. The summed E-state index contributed by atoms with van der Waals surface area (Å²) in [5.41, 5.74) is -1.09. The van der Waals surface area contributed by atoms with Crippen LogP contribution in [0.1, 0.15) is 47.2 Å². The van der Waals surface area contributed by atoms with Crippen LogP contribution in [0.25, 0.3) is 0 Å². The molecule has 0 bridgehead atoms. The van der Waals surface area contributed by atoms with E-state index in [0.29, 0.717) is 5.69 Å². The van der Waals surface area contributed by atoms with E-state index in [4.69, 9.17) is 9.47 Å². The summed E-state index contributed by atoms with van der Waals surface area (Å²) in [5, 5.41) is 11.5. The van der Waals surface area contributed by atoms with Crippen molar-refractivity contribution in [1.29, 1.82) is 0 Å². The van der Waals surface area contributed by atoms with Gasteiger partial charge in [-0.1, -0.05) is 0 Å². The van der Waals surface area contributed by atoms with Gasteiger partial charge in [0.1, 0.15) is 23.6 Å². The highest BCUT2D eigenvalue weighted by atomic mass is 18.2. The van der Waals surface area contributed by atoms with Crippen molar-refractivity contribution in [2.75, 3.05) is 0 Å². The van der Waals surface area contributed by atoms with Gasteiger partial charge < -0.3 is 19.9 Å². The molecule has 0 spiro atoms. The molecule has 1 heterocycles. The van der Waals surface area contributed by atoms with Crippen molar-refractivity contribution in [3.05, 3.63) is 18.2 Å². The predicted octanol–water partition coefficient (Wildman–Crippen LogP) is 2.19. The lowest BCUT2D eigenvalue weighted by atomic mass is 10.2. The number of ether oxygens (including phenoxy) is 2. The zero-order valence-corrected chi connectivity index (χ0v) is 15.3. The van der Waals surface area contributed by atoms with Gasteiger partial charge >= 0.3 is 18.2 Å². The van der Waals surface area contributed by atoms with Gasteiger partial charge in [0.05, 0.1) is 5.69 Å². The molecule has 9 nitrogen and oxygen atoms in total. The van der Waals surface area contributed by atoms with Crippen LogP contribution in [-0.2, 0) is 20.7 Å². The lowest BCUT2D eigenvalue weighted by molar-refractivity contribution is -0.139. The molecule has 0 aliphatic carbocycles. The third-order valence-electron chi connectivity index (χ3n) is 2.64. The van der Waals surface area contributed by atoms with Crippen molar-refractivity contribution in [3.63, 3.8) is 0 Å². The largest absolute Gasteiger partial charge is 0.480 e. The van der Waals surface area contributed by atoms with Gasteiger partial charge in [0.25, 0.3) is 0 Å². The molecule has 0 radical (unpaired) electrons. The van der Waals surface area contributed by atoms with E-state index in [1.54, 1.807) is 41.5 Å². The van der Waals surface area contributed by atoms with Crippen molar-refractivity contribution in [3.8, 4) is 0 Å². The number of carbonyl (C=O) groups excluding carboxylic acids is 2. The second kappa shape index (κ2) is 7.54. The van der Waals surface area contributed by atoms with Gasteiger partial charge in [-0.25, -0.2) is 23.9 Å². The minimum Gasteiger partial charge on any atom is -0.480 e. The van der Waals surface area contributed by atoms with Crippen molar-refractivity contribution in [2.45, 2.75) is 65.2 Å². The number of carbonyl (C=O) groups is 3. The average molecular weight is 359 g/mol. The summed E-state index contributed by atoms with van der Waals surface area (Å²) >= 11 is 0. The fourth-order valence-electron chi connectivity index (χ4n) is 1.74. The van der Waals surface area contributed by atoms with Crippen molar-refractivity contribution in [2.24, 2.45) is 0 Å². The highest BCUT2D eigenvalue weighted by Gasteiger charge is 2.25. The van der Waals surface area contributed by atoms with Crippen molar-refractivity contribution in [1.82, 2.24) is 14.9 Å². The molecular weight excluding hydrogens is 334 g/mol. The van der Waals surface area contributed by atoms with Crippen LogP contribution in [0.15, 0.2) is 12.5 Å². The summed E-state index contributed by atoms with van der Waals surface area (Å²) in [6, 6.07) is -1.24. The summed E-state index contributed by atoms with van der Waals surface area (Å²) in [6.07, 6.45) is 1.02. The minimum atomic E-state index is -1.24. The summed E-state index contributed by atoms with van der Waals surface area (Å²) in [7, 11) is 0. The summed E-state index contributed by atoms with van der Waals surface area (Å²) in [4.78, 5) is 39.0. The van der Waals surface area contributed by atoms with Crippen LogP contribution in [0.2, 0.25) is 0 Å². The monoisotopic (exact) mass is 359 g/mol. The van der Waals surface area contributed by atoms with Crippen LogP contribution in [0, 0.1) is 0 Å². The number of amides is 1. The number of rotatable bonds is 4. The van der Waals surface area contributed by atoms with E-state index in [-0.39, 0.29) is 6.42 Å². The maximum atomic E-state index is 11.9. The normalized spacial score (nSPS) is 13.0. The van der Waals surface area contributed by atoms with Crippen LogP contribution in [-0.4, -0.2) is 50.1 Å². The molecular formula is C16H25N3O6. The molecule has 25 heavy (non-hydrogen) atoms. The lowest BCUT2D eigenvalue weighted by Crippen LogP contribution is -2.44. The Morgan fingerprint density at radius 1 is 1.24 bits per heavy atom. The number of aliphatic carboxylic acids is 1. The van der Waals surface area contributed by atoms with E-state index < -0.39 is 35.4 Å². The fourth-order valence-corrected chi connectivity index (χ4v) is 1.74. The molecule has 0 aromatic carbocycles. The minimum absolute atomic E-state index is 0.107. The van der Waals surface area contributed by atoms with E-state index >= 15 is 0 Å². The van der Waals surface area contributed by atoms with Crippen molar-refractivity contribution >= 4 is 18.2 Å². The number of alkyl carbamates (subject to hydrolysis) is 1. The number of nitrogens with zero attached hydrogens (tertiary/aromatic N) is 2. The van der Waals surface area contributed by atoms with E-state index in [9.17, 15) is 19.5 Å². The maximum Gasteiger partial charge on any atom is 0.419 e. The second-order valence-corrected chi connectivity index (χ2v) is 7.49. The van der Waals surface area contributed by atoms with E-state index in [1.807, 2.05) is 0 Å². The van der Waals surface area contributed by atoms with Crippen LogP contribution in [0.5, 0.6) is 0 Å². The Hall–Kier alpha value is -2.58. The Kier molecular flexibility index (Phi) is 6.17. The van der Waals surface area contributed by atoms with Crippen LogP contribution in [0.3, 0.4) is 0 Å². The van der Waals surface area contributed by atoms with E-state index in [0.717, 1.165) is 4.57 Å². The number of carboxylic acid groups (broad SMARTS) is 1.